The molecule has 0 aromatic heterocycles. The van der Waals surface area contributed by atoms with Gasteiger partial charge in [-0.25, -0.2) is 4.39 Å². The lowest BCUT2D eigenvalue weighted by molar-refractivity contribution is -0.117. The van der Waals surface area contributed by atoms with Crippen molar-refractivity contribution < 1.29 is 9.18 Å². The van der Waals surface area contributed by atoms with E-state index in [0.29, 0.717) is 17.1 Å². The number of halogens is 2. The van der Waals surface area contributed by atoms with E-state index in [-0.39, 0.29) is 12.3 Å². The molecule has 2 aromatic carbocycles. The maximum atomic E-state index is 13.7. The number of carbonyl (C=O) groups is 1. The molecule has 0 fully saturated rings. The van der Waals surface area contributed by atoms with Crippen molar-refractivity contribution in [2.45, 2.75) is 12.8 Å². The fourth-order valence-corrected chi connectivity index (χ4v) is 2.68. The van der Waals surface area contributed by atoms with Crippen molar-refractivity contribution in [3.05, 3.63) is 64.4 Å². The molecular weight excluding hydrogens is 277 g/mol. The minimum absolute atomic E-state index is 0.0529. The number of para-hydroxylation sites is 1. The Balaban J connectivity index is 1.81. The molecule has 0 saturated carbocycles. The molecule has 1 aliphatic rings. The van der Waals surface area contributed by atoms with Gasteiger partial charge in [0.25, 0.3) is 0 Å². The summed E-state index contributed by atoms with van der Waals surface area (Å²) in [7, 11) is 0. The van der Waals surface area contributed by atoms with Gasteiger partial charge in [0.15, 0.2) is 0 Å². The Bertz CT molecular complexity index is 671. The quantitative estimate of drug-likeness (QED) is 0.827. The second kappa shape index (κ2) is 5.25. The van der Waals surface area contributed by atoms with E-state index in [1.165, 1.54) is 6.07 Å². The number of carbonyl (C=O) groups excluding carboxylic acids is 1. The monoisotopic (exact) mass is 289 g/mol. The topological polar surface area (TPSA) is 20.3 Å². The van der Waals surface area contributed by atoms with Gasteiger partial charge >= 0.3 is 0 Å². The van der Waals surface area contributed by atoms with E-state index in [0.717, 1.165) is 17.7 Å². The van der Waals surface area contributed by atoms with Crippen LogP contribution in [0.1, 0.15) is 11.1 Å². The van der Waals surface area contributed by atoms with Crippen LogP contribution in [0.2, 0.25) is 5.02 Å². The zero-order valence-electron chi connectivity index (χ0n) is 10.8. The highest BCUT2D eigenvalue weighted by atomic mass is 35.5. The average Bonchev–Trinajstić information content (AvgIpc) is 2.86. The minimum Gasteiger partial charge on any atom is -0.312 e. The van der Waals surface area contributed by atoms with Crippen LogP contribution in [0.5, 0.6) is 0 Å². The number of anilines is 1. The summed E-state index contributed by atoms with van der Waals surface area (Å²) in [5, 5.41) is 0.338. The molecule has 0 atom stereocenters. The summed E-state index contributed by atoms with van der Waals surface area (Å²) in [5.41, 5.74) is 2.48. The van der Waals surface area contributed by atoms with E-state index in [4.69, 9.17) is 11.6 Å². The van der Waals surface area contributed by atoms with Crippen molar-refractivity contribution in [2.75, 3.05) is 11.4 Å². The van der Waals surface area contributed by atoms with Crippen LogP contribution in [0.3, 0.4) is 0 Å². The maximum Gasteiger partial charge on any atom is 0.231 e. The average molecular weight is 290 g/mol. The Morgan fingerprint density at radius 1 is 1.25 bits per heavy atom. The molecule has 0 spiro atoms. The van der Waals surface area contributed by atoms with Crippen molar-refractivity contribution in [3.8, 4) is 0 Å². The molecule has 1 amide bonds. The van der Waals surface area contributed by atoms with E-state index in [9.17, 15) is 9.18 Å². The fourth-order valence-electron chi connectivity index (χ4n) is 2.52. The van der Waals surface area contributed by atoms with Crippen LogP contribution in [0.4, 0.5) is 10.1 Å². The standard InChI is InChI=1S/C16H13ClFNO/c17-13-6-5-12(14(18)10-13)9-16(20)19-8-7-11-3-1-2-4-15(11)19/h1-6,10H,7-9H2. The van der Waals surface area contributed by atoms with Crippen molar-refractivity contribution in [1.82, 2.24) is 0 Å². The molecule has 0 saturated heterocycles. The van der Waals surface area contributed by atoms with Crippen molar-refractivity contribution >= 4 is 23.2 Å². The van der Waals surface area contributed by atoms with Gasteiger partial charge in [-0.05, 0) is 35.7 Å². The van der Waals surface area contributed by atoms with Crippen LogP contribution in [0.15, 0.2) is 42.5 Å². The lowest BCUT2D eigenvalue weighted by Crippen LogP contribution is -2.30. The summed E-state index contributed by atoms with van der Waals surface area (Å²) in [6, 6.07) is 12.2. The Kier molecular flexibility index (Phi) is 3.45. The molecule has 3 rings (SSSR count). The molecule has 2 aromatic rings. The number of hydrogen-bond acceptors (Lipinski definition) is 1. The number of hydrogen-bond donors (Lipinski definition) is 0. The number of nitrogens with zero attached hydrogens (tertiary/aromatic N) is 1. The summed E-state index contributed by atoms with van der Waals surface area (Å²) >= 11 is 5.71. The number of amides is 1. The van der Waals surface area contributed by atoms with Gasteiger partial charge in [-0.2, -0.15) is 0 Å². The van der Waals surface area contributed by atoms with Crippen LogP contribution in [0, 0.1) is 5.82 Å². The van der Waals surface area contributed by atoms with Gasteiger partial charge in [0.05, 0.1) is 6.42 Å². The van der Waals surface area contributed by atoms with Crippen molar-refractivity contribution in [1.29, 1.82) is 0 Å². The van der Waals surface area contributed by atoms with Crippen LogP contribution in [0.25, 0.3) is 0 Å². The molecule has 0 aliphatic carbocycles. The van der Waals surface area contributed by atoms with Crippen LogP contribution in [-0.4, -0.2) is 12.5 Å². The predicted octanol–water partition coefficient (Wildman–Crippen LogP) is 3.61. The third-order valence-corrected chi connectivity index (χ3v) is 3.78. The molecule has 2 nitrogen and oxygen atoms in total. The Labute approximate surface area is 121 Å². The van der Waals surface area contributed by atoms with Gasteiger partial charge in [-0.15, -0.1) is 0 Å². The molecule has 0 N–H and O–H groups in total. The highest BCUT2D eigenvalue weighted by molar-refractivity contribution is 6.30. The molecule has 1 heterocycles. The summed E-state index contributed by atoms with van der Waals surface area (Å²) in [6.45, 7) is 0.660. The second-order valence-electron chi connectivity index (χ2n) is 4.84. The minimum atomic E-state index is -0.432. The van der Waals surface area contributed by atoms with E-state index >= 15 is 0 Å². The summed E-state index contributed by atoms with van der Waals surface area (Å²) < 4.78 is 13.7. The zero-order valence-corrected chi connectivity index (χ0v) is 11.5. The van der Waals surface area contributed by atoms with E-state index in [1.54, 1.807) is 17.0 Å². The first-order chi connectivity index (χ1) is 9.65. The van der Waals surface area contributed by atoms with Crippen molar-refractivity contribution in [3.63, 3.8) is 0 Å². The number of fused-ring (bicyclic) bond motifs is 1. The fraction of sp³-hybridized carbons (Fsp3) is 0.188. The van der Waals surface area contributed by atoms with Gasteiger partial charge in [-0.3, -0.25) is 4.79 Å². The molecular formula is C16H13ClFNO. The Morgan fingerprint density at radius 2 is 2.05 bits per heavy atom. The van der Waals surface area contributed by atoms with Crippen LogP contribution >= 0.6 is 11.6 Å². The molecule has 102 valence electrons. The van der Waals surface area contributed by atoms with E-state index < -0.39 is 5.82 Å². The molecule has 4 heteroatoms. The molecule has 1 aliphatic heterocycles. The van der Waals surface area contributed by atoms with Gasteiger partial charge in [0.1, 0.15) is 5.82 Å². The van der Waals surface area contributed by atoms with E-state index in [1.807, 2.05) is 24.3 Å². The Hall–Kier alpha value is -1.87. The summed E-state index contributed by atoms with van der Waals surface area (Å²) in [6.07, 6.45) is 0.905. The molecule has 0 radical (unpaired) electrons. The smallest absolute Gasteiger partial charge is 0.231 e. The van der Waals surface area contributed by atoms with Gasteiger partial charge in [0.2, 0.25) is 5.91 Å². The molecule has 0 bridgehead atoms. The van der Waals surface area contributed by atoms with Crippen LogP contribution in [-0.2, 0) is 17.6 Å². The largest absolute Gasteiger partial charge is 0.312 e. The van der Waals surface area contributed by atoms with Crippen molar-refractivity contribution in [2.24, 2.45) is 0 Å². The number of benzene rings is 2. The van der Waals surface area contributed by atoms with Gasteiger partial charge in [0, 0.05) is 17.3 Å². The zero-order chi connectivity index (χ0) is 14.1. The lowest BCUT2D eigenvalue weighted by Gasteiger charge is -2.17. The highest BCUT2D eigenvalue weighted by Crippen LogP contribution is 2.28. The second-order valence-corrected chi connectivity index (χ2v) is 5.27. The van der Waals surface area contributed by atoms with Crippen LogP contribution < -0.4 is 4.90 Å². The number of rotatable bonds is 2. The predicted molar refractivity (Wildman–Crippen MR) is 77.6 cm³/mol. The first-order valence-corrected chi connectivity index (χ1v) is 6.85. The third kappa shape index (κ3) is 2.41. The Morgan fingerprint density at radius 3 is 2.85 bits per heavy atom. The third-order valence-electron chi connectivity index (χ3n) is 3.55. The first kappa shape index (κ1) is 13.1. The van der Waals surface area contributed by atoms with E-state index in [2.05, 4.69) is 0 Å². The first-order valence-electron chi connectivity index (χ1n) is 6.47. The molecule has 20 heavy (non-hydrogen) atoms. The summed E-state index contributed by atoms with van der Waals surface area (Å²) in [4.78, 5) is 14.1. The maximum absolute atomic E-state index is 13.7. The highest BCUT2D eigenvalue weighted by Gasteiger charge is 2.24. The lowest BCUT2D eigenvalue weighted by atomic mass is 10.1. The summed E-state index contributed by atoms with van der Waals surface area (Å²) in [5.74, 6) is -0.519. The normalized spacial score (nSPS) is 13.4. The SMILES string of the molecule is O=C(Cc1ccc(Cl)cc1F)N1CCc2ccccc21. The van der Waals surface area contributed by atoms with Gasteiger partial charge < -0.3 is 4.90 Å². The molecule has 0 unspecified atom stereocenters. The van der Waals surface area contributed by atoms with Gasteiger partial charge in [-0.1, -0.05) is 35.9 Å².